The molecule has 1 aromatic carbocycles. The number of rotatable bonds is 2. The van der Waals surface area contributed by atoms with Crippen LogP contribution in [0.25, 0.3) is 11.1 Å². The third kappa shape index (κ3) is 3.17. The Bertz CT molecular complexity index is 658. The number of aryl methyl sites for hydroxylation is 2. The molecule has 3 nitrogen and oxygen atoms in total. The predicted molar refractivity (Wildman–Crippen MR) is 77.2 cm³/mol. The van der Waals surface area contributed by atoms with Crippen LogP contribution in [0.4, 0.5) is 8.78 Å². The second-order valence-electron chi connectivity index (χ2n) is 5.87. The first-order valence-electron chi connectivity index (χ1n) is 6.66. The lowest BCUT2D eigenvalue weighted by atomic mass is 10.0. The largest absolute Gasteiger partial charge is 0.485 e. The maximum absolute atomic E-state index is 14.4. The normalized spacial score (nSPS) is 11.6. The zero-order chi connectivity index (χ0) is 15.8. The van der Waals surface area contributed by atoms with Crippen LogP contribution in [0.1, 0.15) is 32.2 Å². The van der Waals surface area contributed by atoms with Crippen LogP contribution in [0.15, 0.2) is 18.5 Å². The summed E-state index contributed by atoms with van der Waals surface area (Å²) in [6.07, 6.45) is 1.40. The number of ether oxygens (including phenoxy) is 1. The highest BCUT2D eigenvalue weighted by Gasteiger charge is 2.22. The lowest BCUT2D eigenvalue weighted by molar-refractivity contribution is 0.123. The molecule has 0 saturated carbocycles. The van der Waals surface area contributed by atoms with Crippen molar-refractivity contribution in [3.05, 3.63) is 41.5 Å². The number of nitrogens with zero attached hydrogens (tertiary/aromatic N) is 2. The number of halogens is 2. The second-order valence-corrected chi connectivity index (χ2v) is 5.87. The van der Waals surface area contributed by atoms with Gasteiger partial charge in [0.25, 0.3) is 0 Å². The predicted octanol–water partition coefficient (Wildman–Crippen LogP) is 4.22. The van der Waals surface area contributed by atoms with Crippen molar-refractivity contribution in [2.75, 3.05) is 0 Å². The Labute approximate surface area is 123 Å². The highest BCUT2D eigenvalue weighted by atomic mass is 19.2. The third-order valence-corrected chi connectivity index (χ3v) is 2.96. The molecule has 2 aromatic rings. The minimum absolute atomic E-state index is 0.101. The molecule has 0 N–H and O–H groups in total. The fourth-order valence-electron chi connectivity index (χ4n) is 2.12. The van der Waals surface area contributed by atoms with Gasteiger partial charge in [-0.3, -0.25) is 0 Å². The molecule has 0 fully saturated rings. The molecule has 0 spiro atoms. The average molecular weight is 292 g/mol. The van der Waals surface area contributed by atoms with Crippen molar-refractivity contribution in [2.24, 2.45) is 0 Å². The zero-order valence-electron chi connectivity index (χ0n) is 12.8. The van der Waals surface area contributed by atoms with Crippen molar-refractivity contribution in [2.45, 2.75) is 40.2 Å². The summed E-state index contributed by atoms with van der Waals surface area (Å²) in [7, 11) is 0. The fraction of sp³-hybridized carbons (Fsp3) is 0.375. The highest BCUT2D eigenvalue weighted by Crippen LogP contribution is 2.33. The molecule has 0 aliphatic rings. The zero-order valence-corrected chi connectivity index (χ0v) is 12.8. The molecule has 0 aliphatic carbocycles. The van der Waals surface area contributed by atoms with Gasteiger partial charge in [-0.2, -0.15) is 4.39 Å². The van der Waals surface area contributed by atoms with E-state index in [2.05, 4.69) is 9.97 Å². The molecule has 0 atom stereocenters. The molecule has 0 unspecified atom stereocenters. The topological polar surface area (TPSA) is 35.0 Å². The van der Waals surface area contributed by atoms with E-state index in [0.29, 0.717) is 17.0 Å². The second kappa shape index (κ2) is 5.39. The van der Waals surface area contributed by atoms with Crippen molar-refractivity contribution in [1.29, 1.82) is 0 Å². The molecule has 21 heavy (non-hydrogen) atoms. The molecule has 2 rings (SSSR count). The summed E-state index contributed by atoms with van der Waals surface area (Å²) in [6, 6.07) is 2.93. The summed E-state index contributed by atoms with van der Waals surface area (Å²) in [4.78, 5) is 8.07. The van der Waals surface area contributed by atoms with E-state index in [4.69, 9.17) is 4.74 Å². The van der Waals surface area contributed by atoms with Crippen LogP contribution < -0.4 is 4.74 Å². The Morgan fingerprint density at radius 1 is 0.952 bits per heavy atom. The van der Waals surface area contributed by atoms with Crippen LogP contribution in [-0.4, -0.2) is 15.6 Å². The minimum atomic E-state index is -0.995. The minimum Gasteiger partial charge on any atom is -0.485 e. The number of hydrogen-bond donors (Lipinski definition) is 0. The number of benzene rings is 1. The summed E-state index contributed by atoms with van der Waals surface area (Å²) in [6.45, 7) is 8.80. The molecule has 1 aromatic heterocycles. The van der Waals surface area contributed by atoms with E-state index in [1.807, 2.05) is 0 Å². The molecule has 0 amide bonds. The van der Waals surface area contributed by atoms with Crippen LogP contribution in [0.5, 0.6) is 5.75 Å². The number of aromatic nitrogens is 2. The van der Waals surface area contributed by atoms with Gasteiger partial charge in [-0.1, -0.05) is 0 Å². The first-order chi connectivity index (χ1) is 9.70. The summed E-state index contributed by atoms with van der Waals surface area (Å²) >= 11 is 0. The van der Waals surface area contributed by atoms with Crippen molar-refractivity contribution in [1.82, 2.24) is 9.97 Å². The molecule has 5 heteroatoms. The van der Waals surface area contributed by atoms with Gasteiger partial charge in [0.05, 0.1) is 0 Å². The van der Waals surface area contributed by atoms with Gasteiger partial charge in [0.1, 0.15) is 11.9 Å². The Morgan fingerprint density at radius 2 is 1.52 bits per heavy atom. The van der Waals surface area contributed by atoms with E-state index >= 15 is 0 Å². The molecule has 1 heterocycles. The number of hydrogen-bond acceptors (Lipinski definition) is 3. The fourth-order valence-corrected chi connectivity index (χ4v) is 2.12. The van der Waals surface area contributed by atoms with E-state index < -0.39 is 17.2 Å². The summed E-state index contributed by atoms with van der Waals surface area (Å²) < 4.78 is 34.0. The van der Waals surface area contributed by atoms with Gasteiger partial charge in [-0.15, -0.1) is 0 Å². The standard InChI is InChI=1S/C16H18F2N2O/c1-9-13(10(2)20-8-19-9)11-6-7-12(15(18)14(11)17)21-16(3,4)5/h6-8H,1-5H3. The maximum Gasteiger partial charge on any atom is 0.201 e. The smallest absolute Gasteiger partial charge is 0.201 e. The highest BCUT2D eigenvalue weighted by molar-refractivity contribution is 5.69. The van der Waals surface area contributed by atoms with Crippen molar-refractivity contribution < 1.29 is 13.5 Å². The Balaban J connectivity index is 2.56. The van der Waals surface area contributed by atoms with Crippen LogP contribution in [0.2, 0.25) is 0 Å². The van der Waals surface area contributed by atoms with Crippen LogP contribution in [0, 0.1) is 25.5 Å². The molecule has 0 saturated heterocycles. The van der Waals surface area contributed by atoms with Crippen LogP contribution in [0.3, 0.4) is 0 Å². The molecule has 0 radical (unpaired) electrons. The first-order valence-corrected chi connectivity index (χ1v) is 6.66. The maximum atomic E-state index is 14.4. The Kier molecular flexibility index (Phi) is 3.94. The van der Waals surface area contributed by atoms with Gasteiger partial charge in [-0.25, -0.2) is 14.4 Å². The molecular formula is C16H18F2N2O. The summed E-state index contributed by atoms with van der Waals surface area (Å²) in [5, 5.41) is 0. The summed E-state index contributed by atoms with van der Waals surface area (Å²) in [5.41, 5.74) is 1.26. The van der Waals surface area contributed by atoms with Gasteiger partial charge in [0, 0.05) is 22.5 Å². The van der Waals surface area contributed by atoms with Crippen molar-refractivity contribution in [3.63, 3.8) is 0 Å². The van der Waals surface area contributed by atoms with E-state index in [-0.39, 0.29) is 11.3 Å². The van der Waals surface area contributed by atoms with Gasteiger partial charge in [0.2, 0.25) is 5.82 Å². The average Bonchev–Trinajstić information content (AvgIpc) is 2.36. The van der Waals surface area contributed by atoms with Crippen LogP contribution >= 0.6 is 0 Å². The van der Waals surface area contributed by atoms with Gasteiger partial charge in [-0.05, 0) is 46.8 Å². The van der Waals surface area contributed by atoms with E-state index in [9.17, 15) is 8.78 Å². The van der Waals surface area contributed by atoms with Crippen molar-refractivity contribution in [3.8, 4) is 16.9 Å². The van der Waals surface area contributed by atoms with E-state index in [0.717, 1.165) is 0 Å². The van der Waals surface area contributed by atoms with E-state index in [1.165, 1.54) is 18.5 Å². The van der Waals surface area contributed by atoms with Gasteiger partial charge >= 0.3 is 0 Å². The lowest BCUT2D eigenvalue weighted by Crippen LogP contribution is -2.23. The Morgan fingerprint density at radius 3 is 2.05 bits per heavy atom. The molecular weight excluding hydrogens is 274 g/mol. The van der Waals surface area contributed by atoms with Gasteiger partial charge in [0.15, 0.2) is 11.6 Å². The SMILES string of the molecule is Cc1ncnc(C)c1-c1ccc(OC(C)(C)C)c(F)c1F. The summed E-state index contributed by atoms with van der Waals surface area (Å²) in [5.74, 6) is -2.04. The quantitative estimate of drug-likeness (QED) is 0.831. The first kappa shape index (κ1) is 15.4. The monoisotopic (exact) mass is 292 g/mol. The Hall–Kier alpha value is -2.04. The third-order valence-electron chi connectivity index (χ3n) is 2.96. The van der Waals surface area contributed by atoms with Crippen LogP contribution in [-0.2, 0) is 0 Å². The van der Waals surface area contributed by atoms with E-state index in [1.54, 1.807) is 34.6 Å². The molecule has 0 aliphatic heterocycles. The lowest BCUT2D eigenvalue weighted by Gasteiger charge is -2.22. The molecule has 0 bridgehead atoms. The van der Waals surface area contributed by atoms with Crippen molar-refractivity contribution >= 4 is 0 Å². The molecule has 112 valence electrons. The van der Waals surface area contributed by atoms with Gasteiger partial charge < -0.3 is 4.74 Å².